The minimum absolute atomic E-state index is 0.107. The molecule has 0 unspecified atom stereocenters. The zero-order valence-electron chi connectivity index (χ0n) is 16.8. The summed E-state index contributed by atoms with van der Waals surface area (Å²) < 4.78 is 32.9. The number of ether oxygens (including phenoxy) is 1. The molecule has 0 aliphatic carbocycles. The van der Waals surface area contributed by atoms with E-state index < -0.39 is 10.0 Å². The highest BCUT2D eigenvalue weighted by Gasteiger charge is 2.18. The Labute approximate surface area is 166 Å². The van der Waals surface area contributed by atoms with Crippen molar-refractivity contribution in [3.8, 4) is 5.75 Å². The molecule has 0 radical (unpaired) electrons. The molecule has 0 bridgehead atoms. The first-order valence-electron chi connectivity index (χ1n) is 8.90. The third-order valence-corrected chi connectivity index (χ3v) is 5.41. The molecule has 2 aromatic rings. The number of hydrogen-bond donors (Lipinski definition) is 2. The molecule has 152 valence electrons. The molecule has 0 atom stereocenters. The van der Waals surface area contributed by atoms with Crippen molar-refractivity contribution in [1.82, 2.24) is 5.32 Å². The van der Waals surface area contributed by atoms with Crippen LogP contribution in [0.5, 0.6) is 5.75 Å². The molecule has 0 saturated heterocycles. The number of sulfonamides is 1. The topological polar surface area (TPSA) is 87.7 Å². The molecule has 0 aromatic heterocycles. The third-order valence-electron chi connectivity index (χ3n) is 4.02. The predicted molar refractivity (Wildman–Crippen MR) is 112 cm³/mol. The van der Waals surface area contributed by atoms with Gasteiger partial charge in [-0.2, -0.15) is 0 Å². The molecular weight excluding hydrogens is 378 g/mol. The van der Waals surface area contributed by atoms with E-state index in [0.717, 1.165) is 0 Å². The first kappa shape index (κ1) is 21.6. The summed E-state index contributed by atoms with van der Waals surface area (Å²) in [5.41, 5.74) is 1.42. The lowest BCUT2D eigenvalue weighted by atomic mass is 10.1. The van der Waals surface area contributed by atoms with Gasteiger partial charge in [0.15, 0.2) is 0 Å². The number of carbonyl (C=O) groups excluding carboxylic acids is 1. The van der Waals surface area contributed by atoms with E-state index in [1.165, 1.54) is 19.2 Å². The van der Waals surface area contributed by atoms with Crippen molar-refractivity contribution in [2.24, 2.45) is 5.92 Å². The van der Waals surface area contributed by atoms with E-state index >= 15 is 0 Å². The molecule has 2 rings (SSSR count). The summed E-state index contributed by atoms with van der Waals surface area (Å²) in [5, 5.41) is 2.87. The summed E-state index contributed by atoms with van der Waals surface area (Å²) in [6.07, 6.45) is 0. The summed E-state index contributed by atoms with van der Waals surface area (Å²) in [5.74, 6) is 0.629. The number of anilines is 2. The molecule has 0 aliphatic rings. The van der Waals surface area contributed by atoms with Crippen LogP contribution in [-0.2, 0) is 10.0 Å². The summed E-state index contributed by atoms with van der Waals surface area (Å²) >= 11 is 0. The summed E-state index contributed by atoms with van der Waals surface area (Å²) in [6, 6.07) is 11.0. The quantitative estimate of drug-likeness (QED) is 0.705. The molecule has 0 aliphatic heterocycles. The largest absolute Gasteiger partial charge is 0.497 e. The number of methoxy groups -OCH3 is 1. The second kappa shape index (κ2) is 8.97. The van der Waals surface area contributed by atoms with Crippen LogP contribution in [-0.4, -0.2) is 42.1 Å². The first-order valence-corrected chi connectivity index (χ1v) is 10.4. The van der Waals surface area contributed by atoms with Crippen molar-refractivity contribution in [3.63, 3.8) is 0 Å². The molecule has 2 aromatic carbocycles. The van der Waals surface area contributed by atoms with Crippen LogP contribution in [0.15, 0.2) is 47.4 Å². The number of benzene rings is 2. The van der Waals surface area contributed by atoms with Gasteiger partial charge in [-0.15, -0.1) is 0 Å². The van der Waals surface area contributed by atoms with E-state index in [1.54, 1.807) is 30.3 Å². The highest BCUT2D eigenvalue weighted by atomic mass is 32.2. The summed E-state index contributed by atoms with van der Waals surface area (Å²) in [6.45, 7) is 4.55. The zero-order chi connectivity index (χ0) is 20.9. The predicted octanol–water partition coefficient (Wildman–Crippen LogP) is 2.95. The minimum Gasteiger partial charge on any atom is -0.497 e. The maximum Gasteiger partial charge on any atom is 0.261 e. The number of nitrogens with zero attached hydrogens (tertiary/aromatic N) is 1. The Bertz CT molecular complexity index is 923. The van der Waals surface area contributed by atoms with Crippen LogP contribution in [0, 0.1) is 5.92 Å². The molecule has 0 saturated carbocycles. The van der Waals surface area contributed by atoms with Gasteiger partial charge < -0.3 is 15.0 Å². The van der Waals surface area contributed by atoms with Crippen molar-refractivity contribution >= 4 is 27.3 Å². The SMILES string of the molecule is COc1ccc(S(=O)(=O)Nc2ccc(N(C)C)c(C(=O)NCC(C)C)c2)cc1. The highest BCUT2D eigenvalue weighted by molar-refractivity contribution is 7.92. The van der Waals surface area contributed by atoms with Crippen LogP contribution in [0.3, 0.4) is 0 Å². The Morgan fingerprint density at radius 3 is 2.29 bits per heavy atom. The standard InChI is InChI=1S/C20H27N3O4S/c1-14(2)13-21-20(24)18-12-15(6-11-19(18)23(3)4)22-28(25,26)17-9-7-16(27-5)8-10-17/h6-12,14,22H,13H2,1-5H3,(H,21,24). The minimum atomic E-state index is -3.79. The van der Waals surface area contributed by atoms with E-state index in [2.05, 4.69) is 10.0 Å². The van der Waals surface area contributed by atoms with Crippen molar-refractivity contribution in [1.29, 1.82) is 0 Å². The zero-order valence-corrected chi connectivity index (χ0v) is 17.6. The number of nitrogens with one attached hydrogen (secondary N) is 2. The molecule has 0 fully saturated rings. The fourth-order valence-corrected chi connectivity index (χ4v) is 3.58. The van der Waals surface area contributed by atoms with Crippen molar-refractivity contribution in [2.45, 2.75) is 18.7 Å². The fraction of sp³-hybridized carbons (Fsp3) is 0.350. The van der Waals surface area contributed by atoms with Crippen molar-refractivity contribution in [2.75, 3.05) is 37.4 Å². The summed E-state index contributed by atoms with van der Waals surface area (Å²) in [7, 11) is 1.38. The van der Waals surface area contributed by atoms with Crippen LogP contribution in [0.25, 0.3) is 0 Å². The Balaban J connectivity index is 2.32. The van der Waals surface area contributed by atoms with Gasteiger partial charge in [0, 0.05) is 32.0 Å². The van der Waals surface area contributed by atoms with Gasteiger partial charge in [-0.1, -0.05) is 13.8 Å². The Morgan fingerprint density at radius 2 is 1.75 bits per heavy atom. The van der Waals surface area contributed by atoms with E-state index in [4.69, 9.17) is 4.74 Å². The van der Waals surface area contributed by atoms with Gasteiger partial charge in [-0.05, 0) is 48.4 Å². The van der Waals surface area contributed by atoms with E-state index in [0.29, 0.717) is 35.2 Å². The molecule has 8 heteroatoms. The van der Waals surface area contributed by atoms with E-state index in [-0.39, 0.29) is 10.8 Å². The normalized spacial score (nSPS) is 11.2. The average Bonchev–Trinajstić information content (AvgIpc) is 2.65. The van der Waals surface area contributed by atoms with Crippen LogP contribution in [0.2, 0.25) is 0 Å². The summed E-state index contributed by atoms with van der Waals surface area (Å²) in [4.78, 5) is 14.5. The molecule has 2 N–H and O–H groups in total. The molecule has 7 nitrogen and oxygen atoms in total. The Kier molecular flexibility index (Phi) is 6.90. The third kappa shape index (κ3) is 5.39. The van der Waals surface area contributed by atoms with Crippen LogP contribution in [0.1, 0.15) is 24.2 Å². The van der Waals surface area contributed by atoms with Gasteiger partial charge in [0.25, 0.3) is 15.9 Å². The molecule has 0 heterocycles. The lowest BCUT2D eigenvalue weighted by Crippen LogP contribution is -2.29. The monoisotopic (exact) mass is 405 g/mol. The number of amides is 1. The number of hydrogen-bond acceptors (Lipinski definition) is 5. The fourth-order valence-electron chi connectivity index (χ4n) is 2.53. The van der Waals surface area contributed by atoms with Crippen molar-refractivity contribution in [3.05, 3.63) is 48.0 Å². The lowest BCUT2D eigenvalue weighted by Gasteiger charge is -2.19. The number of carbonyl (C=O) groups is 1. The van der Waals surface area contributed by atoms with Crippen LogP contribution in [0.4, 0.5) is 11.4 Å². The Morgan fingerprint density at radius 1 is 1.11 bits per heavy atom. The van der Waals surface area contributed by atoms with Gasteiger partial charge in [-0.25, -0.2) is 8.42 Å². The van der Waals surface area contributed by atoms with Gasteiger partial charge in [0.1, 0.15) is 5.75 Å². The highest BCUT2D eigenvalue weighted by Crippen LogP contribution is 2.25. The Hall–Kier alpha value is -2.74. The molecule has 1 amide bonds. The smallest absolute Gasteiger partial charge is 0.261 e. The lowest BCUT2D eigenvalue weighted by molar-refractivity contribution is 0.0949. The number of rotatable bonds is 8. The van der Waals surface area contributed by atoms with Crippen LogP contribution >= 0.6 is 0 Å². The van der Waals surface area contributed by atoms with Gasteiger partial charge in [0.05, 0.1) is 17.6 Å². The van der Waals surface area contributed by atoms with Crippen LogP contribution < -0.4 is 19.7 Å². The van der Waals surface area contributed by atoms with E-state index in [9.17, 15) is 13.2 Å². The van der Waals surface area contributed by atoms with Gasteiger partial charge >= 0.3 is 0 Å². The second-order valence-corrected chi connectivity index (χ2v) is 8.69. The second-order valence-electron chi connectivity index (χ2n) is 7.01. The van der Waals surface area contributed by atoms with Gasteiger partial charge in [0.2, 0.25) is 0 Å². The molecule has 28 heavy (non-hydrogen) atoms. The molecule has 0 spiro atoms. The average molecular weight is 406 g/mol. The maximum atomic E-state index is 12.7. The molecular formula is C20H27N3O4S. The van der Waals surface area contributed by atoms with E-state index in [1.807, 2.05) is 32.8 Å². The maximum absolute atomic E-state index is 12.7. The van der Waals surface area contributed by atoms with Crippen molar-refractivity contribution < 1.29 is 17.9 Å². The van der Waals surface area contributed by atoms with Gasteiger partial charge in [-0.3, -0.25) is 9.52 Å². The first-order chi connectivity index (χ1) is 13.1.